The average molecular weight is 521 g/mol. The van der Waals surface area contributed by atoms with E-state index in [1.807, 2.05) is 0 Å². The first-order valence-corrected chi connectivity index (χ1v) is 12.9. The van der Waals surface area contributed by atoms with Crippen LogP contribution >= 0.6 is 0 Å². The Balaban J connectivity index is 1.98. The number of aromatic nitrogens is 1. The molecule has 3 rings (SSSR count). The van der Waals surface area contributed by atoms with Crippen LogP contribution in [0.1, 0.15) is 85.5 Å². The van der Waals surface area contributed by atoms with Crippen LogP contribution in [0.5, 0.6) is 11.5 Å². The Morgan fingerprint density at radius 3 is 2.54 bits per heavy atom. The van der Waals surface area contributed by atoms with Crippen molar-refractivity contribution in [2.24, 2.45) is 17.8 Å². The van der Waals surface area contributed by atoms with Gasteiger partial charge in [0.2, 0.25) is 0 Å². The van der Waals surface area contributed by atoms with E-state index in [1.54, 1.807) is 6.92 Å². The van der Waals surface area contributed by atoms with E-state index in [1.165, 1.54) is 13.5 Å². The second-order valence-electron chi connectivity index (χ2n) is 9.81. The zero-order valence-electron chi connectivity index (χ0n) is 21.4. The summed E-state index contributed by atoms with van der Waals surface area (Å²) in [5.41, 5.74) is 0.579. The normalized spacial score (nSPS) is 22.1. The Labute approximate surface area is 215 Å². The molecule has 3 unspecified atom stereocenters. The van der Waals surface area contributed by atoms with Gasteiger partial charge < -0.3 is 25.1 Å². The third-order valence-electron chi connectivity index (χ3n) is 7.34. The molecular formula is C26H36N2O9. The number of nitrogens with one attached hydrogen (secondary N) is 1. The standard InChI is InChI=1S/C26H36N2O9/c1-15-20(23(35-2)22(30)21(28-15)24(31)27-13-17(14-29)25(32)33)18-10-6-7-11-36-37-26(34)19(18)12-16-8-4-3-5-9-16/h14,16-19,30H,3-13H2,1-2H3,(H,27,31)(H,32,33). The van der Waals surface area contributed by atoms with Crippen molar-refractivity contribution in [3.63, 3.8) is 0 Å². The number of aliphatic carboxylic acids is 1. The molecule has 2 aliphatic rings. The number of hydrogen-bond donors (Lipinski definition) is 3. The maximum absolute atomic E-state index is 13.2. The lowest BCUT2D eigenvalue weighted by molar-refractivity contribution is -0.276. The molecule has 1 aliphatic heterocycles. The number of aldehydes is 1. The van der Waals surface area contributed by atoms with Crippen LogP contribution in [0.4, 0.5) is 0 Å². The lowest BCUT2D eigenvalue weighted by atomic mass is 9.74. The second kappa shape index (κ2) is 13.4. The molecule has 0 bridgehead atoms. The number of ether oxygens (including phenoxy) is 1. The number of aryl methyl sites for hydroxylation is 1. The molecule has 0 spiro atoms. The Bertz CT molecular complexity index is 991. The highest BCUT2D eigenvalue weighted by molar-refractivity contribution is 5.97. The lowest BCUT2D eigenvalue weighted by Crippen LogP contribution is -2.34. The van der Waals surface area contributed by atoms with Gasteiger partial charge in [0.05, 0.1) is 19.6 Å². The van der Waals surface area contributed by atoms with Gasteiger partial charge in [-0.2, -0.15) is 4.89 Å². The van der Waals surface area contributed by atoms with E-state index in [-0.39, 0.29) is 23.6 Å². The molecule has 1 amide bonds. The fraction of sp³-hybridized carbons (Fsp3) is 0.654. The number of rotatable bonds is 9. The Hall–Kier alpha value is -3.21. The number of carboxylic acids is 1. The van der Waals surface area contributed by atoms with Crippen LogP contribution in [-0.2, 0) is 24.2 Å². The molecule has 204 valence electrons. The third-order valence-corrected chi connectivity index (χ3v) is 7.34. The van der Waals surface area contributed by atoms with Crippen LogP contribution in [0.2, 0.25) is 0 Å². The molecule has 11 heteroatoms. The number of carbonyl (C=O) groups excluding carboxylic acids is 3. The number of methoxy groups -OCH3 is 1. The van der Waals surface area contributed by atoms with Gasteiger partial charge in [0.15, 0.2) is 17.2 Å². The van der Waals surface area contributed by atoms with Gasteiger partial charge in [0.25, 0.3) is 5.91 Å². The van der Waals surface area contributed by atoms with Crippen molar-refractivity contribution in [2.45, 2.75) is 70.6 Å². The van der Waals surface area contributed by atoms with E-state index in [4.69, 9.17) is 19.6 Å². The lowest BCUT2D eigenvalue weighted by Gasteiger charge is -2.31. The van der Waals surface area contributed by atoms with Gasteiger partial charge in [-0.15, -0.1) is 0 Å². The summed E-state index contributed by atoms with van der Waals surface area (Å²) >= 11 is 0. The van der Waals surface area contributed by atoms with E-state index < -0.39 is 42.0 Å². The van der Waals surface area contributed by atoms with Crippen LogP contribution in [0.25, 0.3) is 0 Å². The Morgan fingerprint density at radius 1 is 1.19 bits per heavy atom. The molecule has 2 fully saturated rings. The highest BCUT2D eigenvalue weighted by atomic mass is 17.2. The van der Waals surface area contributed by atoms with E-state index in [0.29, 0.717) is 43.0 Å². The topological polar surface area (TPSA) is 161 Å². The number of carbonyl (C=O) groups is 4. The van der Waals surface area contributed by atoms with Gasteiger partial charge in [0, 0.05) is 23.7 Å². The number of carboxylic acid groups (broad SMARTS) is 1. The molecule has 37 heavy (non-hydrogen) atoms. The maximum atomic E-state index is 13.2. The first kappa shape index (κ1) is 28.4. The van der Waals surface area contributed by atoms with Crippen molar-refractivity contribution >= 4 is 24.1 Å². The number of hydrogen-bond acceptors (Lipinski definition) is 9. The smallest absolute Gasteiger partial charge is 0.346 e. The van der Waals surface area contributed by atoms with Gasteiger partial charge >= 0.3 is 11.9 Å². The summed E-state index contributed by atoms with van der Waals surface area (Å²) in [6, 6.07) is 0. The van der Waals surface area contributed by atoms with Gasteiger partial charge in [-0.25, -0.2) is 9.78 Å². The second-order valence-corrected chi connectivity index (χ2v) is 9.81. The molecule has 1 aliphatic carbocycles. The molecule has 1 saturated heterocycles. The Kier molecular flexibility index (Phi) is 10.2. The monoisotopic (exact) mass is 520 g/mol. The summed E-state index contributed by atoms with van der Waals surface area (Å²) in [4.78, 5) is 62.6. The molecule has 2 heterocycles. The first-order chi connectivity index (χ1) is 17.8. The number of nitrogens with zero attached hydrogens (tertiary/aromatic N) is 1. The molecule has 1 aromatic heterocycles. The summed E-state index contributed by atoms with van der Waals surface area (Å²) in [7, 11) is 1.36. The number of aromatic hydroxyl groups is 1. The molecule has 11 nitrogen and oxygen atoms in total. The van der Waals surface area contributed by atoms with E-state index >= 15 is 0 Å². The zero-order valence-corrected chi connectivity index (χ0v) is 21.4. The molecule has 1 aromatic rings. The zero-order chi connectivity index (χ0) is 26.9. The molecular weight excluding hydrogens is 484 g/mol. The highest BCUT2D eigenvalue weighted by Crippen LogP contribution is 2.46. The van der Waals surface area contributed by atoms with Gasteiger partial charge in [-0.05, 0) is 32.1 Å². The third kappa shape index (κ3) is 6.97. The maximum Gasteiger partial charge on any atom is 0.346 e. The quantitative estimate of drug-likeness (QED) is 0.251. The van der Waals surface area contributed by atoms with Crippen LogP contribution in [0.3, 0.4) is 0 Å². The van der Waals surface area contributed by atoms with E-state index in [2.05, 4.69) is 10.3 Å². The molecule has 3 atom stereocenters. The fourth-order valence-electron chi connectivity index (χ4n) is 5.40. The highest BCUT2D eigenvalue weighted by Gasteiger charge is 2.39. The minimum atomic E-state index is -1.43. The SMILES string of the molecule is COc1c(O)c(C(=O)NCC(C=O)C(=O)O)nc(C)c1C1CCCCOOC(=O)C1CC1CCCCC1. The number of amides is 1. The van der Waals surface area contributed by atoms with Crippen LogP contribution in [0.15, 0.2) is 0 Å². The average Bonchev–Trinajstić information content (AvgIpc) is 2.96. The van der Waals surface area contributed by atoms with Crippen molar-refractivity contribution in [1.29, 1.82) is 0 Å². The minimum Gasteiger partial charge on any atom is -0.503 e. The van der Waals surface area contributed by atoms with Gasteiger partial charge in [-0.1, -0.05) is 38.5 Å². The molecule has 1 saturated carbocycles. The predicted octanol–water partition coefficient (Wildman–Crippen LogP) is 3.06. The minimum absolute atomic E-state index is 0.0365. The fourth-order valence-corrected chi connectivity index (χ4v) is 5.40. The van der Waals surface area contributed by atoms with E-state index in [0.717, 1.165) is 32.1 Å². The van der Waals surface area contributed by atoms with Crippen LogP contribution in [0, 0.1) is 24.7 Å². The molecule has 0 aromatic carbocycles. The Morgan fingerprint density at radius 2 is 1.89 bits per heavy atom. The largest absolute Gasteiger partial charge is 0.503 e. The molecule has 0 radical (unpaired) electrons. The van der Waals surface area contributed by atoms with Crippen molar-refractivity contribution < 1.29 is 43.9 Å². The van der Waals surface area contributed by atoms with Gasteiger partial charge in [0.1, 0.15) is 12.2 Å². The van der Waals surface area contributed by atoms with Crippen molar-refractivity contribution in [1.82, 2.24) is 10.3 Å². The van der Waals surface area contributed by atoms with E-state index in [9.17, 15) is 24.3 Å². The van der Waals surface area contributed by atoms with Crippen molar-refractivity contribution in [3.05, 3.63) is 17.0 Å². The first-order valence-electron chi connectivity index (χ1n) is 12.9. The summed E-state index contributed by atoms with van der Waals surface area (Å²) in [5.74, 6) is -5.15. The van der Waals surface area contributed by atoms with Gasteiger partial charge in [-0.3, -0.25) is 14.5 Å². The summed E-state index contributed by atoms with van der Waals surface area (Å²) in [6.07, 6.45) is 8.37. The molecule has 3 N–H and O–H groups in total. The van der Waals surface area contributed by atoms with Crippen molar-refractivity contribution in [2.75, 3.05) is 20.3 Å². The van der Waals surface area contributed by atoms with Crippen molar-refractivity contribution in [3.8, 4) is 11.5 Å². The summed E-state index contributed by atoms with van der Waals surface area (Å²) in [6.45, 7) is 1.51. The van der Waals surface area contributed by atoms with Crippen LogP contribution in [-0.4, -0.2) is 59.6 Å². The summed E-state index contributed by atoms with van der Waals surface area (Å²) < 4.78 is 5.56. The number of pyridine rings is 1. The van der Waals surface area contributed by atoms with Crippen LogP contribution < -0.4 is 10.1 Å². The summed E-state index contributed by atoms with van der Waals surface area (Å²) in [5, 5.41) is 22.4. The predicted molar refractivity (Wildman–Crippen MR) is 130 cm³/mol.